The third kappa shape index (κ3) is 3.89. The van der Waals surface area contributed by atoms with Crippen LogP contribution in [-0.2, 0) is 14.6 Å². The van der Waals surface area contributed by atoms with Crippen LogP contribution >= 0.6 is 11.3 Å². The SMILES string of the molecule is COc1ccc(S(=O)(=O)c2csc3c2NC(=O)C[C@H]3c2ccc(OC)c(OC)c2OC)cc1. The number of benzene rings is 2. The predicted molar refractivity (Wildman–Crippen MR) is 124 cm³/mol. The van der Waals surface area contributed by atoms with Crippen molar-refractivity contribution in [3.8, 4) is 23.0 Å². The van der Waals surface area contributed by atoms with Gasteiger partial charge in [-0.2, -0.15) is 0 Å². The van der Waals surface area contributed by atoms with Crippen molar-refractivity contribution >= 4 is 32.8 Å². The van der Waals surface area contributed by atoms with Gasteiger partial charge in [-0.25, -0.2) is 8.42 Å². The van der Waals surface area contributed by atoms with E-state index in [1.807, 2.05) is 6.07 Å². The summed E-state index contributed by atoms with van der Waals surface area (Å²) in [6, 6.07) is 9.69. The Bertz CT molecular complexity index is 1300. The van der Waals surface area contributed by atoms with Gasteiger partial charge in [0.15, 0.2) is 11.5 Å². The number of ether oxygens (including phenoxy) is 4. The Balaban J connectivity index is 1.84. The Labute approximate surface area is 196 Å². The number of anilines is 1. The van der Waals surface area contributed by atoms with E-state index < -0.39 is 15.8 Å². The fourth-order valence-corrected chi connectivity index (χ4v) is 6.83. The van der Waals surface area contributed by atoms with Crippen molar-refractivity contribution in [2.24, 2.45) is 0 Å². The van der Waals surface area contributed by atoms with Crippen molar-refractivity contribution in [1.29, 1.82) is 0 Å². The van der Waals surface area contributed by atoms with Crippen molar-refractivity contribution in [3.05, 3.63) is 52.2 Å². The van der Waals surface area contributed by atoms with Gasteiger partial charge in [0.2, 0.25) is 21.5 Å². The molecule has 1 aliphatic rings. The average Bonchev–Trinajstić information content (AvgIpc) is 3.27. The molecule has 0 unspecified atom stereocenters. The number of hydrogen-bond donors (Lipinski definition) is 1. The van der Waals surface area contributed by atoms with Gasteiger partial charge in [0.1, 0.15) is 10.6 Å². The molecule has 4 rings (SSSR count). The van der Waals surface area contributed by atoms with E-state index in [1.165, 1.54) is 51.9 Å². The maximum Gasteiger partial charge on any atom is 0.225 e. The van der Waals surface area contributed by atoms with E-state index in [-0.39, 0.29) is 22.1 Å². The topological polar surface area (TPSA) is 100 Å². The van der Waals surface area contributed by atoms with Crippen molar-refractivity contribution < 1.29 is 32.2 Å². The molecular formula is C23H23NO7S2. The van der Waals surface area contributed by atoms with Crippen LogP contribution in [0.15, 0.2) is 51.6 Å². The molecule has 33 heavy (non-hydrogen) atoms. The third-order valence-electron chi connectivity index (χ3n) is 5.53. The normalized spacial score (nSPS) is 15.4. The first-order valence-corrected chi connectivity index (χ1v) is 12.3. The number of thiophene rings is 1. The Morgan fingerprint density at radius 1 is 0.909 bits per heavy atom. The van der Waals surface area contributed by atoms with Gasteiger partial charge in [0.05, 0.1) is 39.0 Å². The Morgan fingerprint density at radius 3 is 2.21 bits per heavy atom. The average molecular weight is 490 g/mol. The molecule has 0 bridgehead atoms. The summed E-state index contributed by atoms with van der Waals surface area (Å²) < 4.78 is 48.3. The van der Waals surface area contributed by atoms with Crippen LogP contribution in [0.1, 0.15) is 22.8 Å². The molecule has 10 heteroatoms. The highest BCUT2D eigenvalue weighted by Crippen LogP contribution is 2.51. The Kier molecular flexibility index (Phi) is 6.22. The number of amides is 1. The van der Waals surface area contributed by atoms with Gasteiger partial charge >= 0.3 is 0 Å². The molecule has 2 aromatic carbocycles. The van der Waals surface area contributed by atoms with Crippen LogP contribution in [0.2, 0.25) is 0 Å². The van der Waals surface area contributed by atoms with Crippen LogP contribution in [0.25, 0.3) is 0 Å². The van der Waals surface area contributed by atoms with Crippen LogP contribution in [0, 0.1) is 0 Å². The minimum Gasteiger partial charge on any atom is -0.497 e. The van der Waals surface area contributed by atoms with Gasteiger partial charge in [0, 0.05) is 28.2 Å². The minimum absolute atomic E-state index is 0.0603. The van der Waals surface area contributed by atoms with E-state index in [4.69, 9.17) is 18.9 Å². The highest BCUT2D eigenvalue weighted by atomic mass is 32.2. The number of carbonyl (C=O) groups excluding carboxylic acids is 1. The zero-order chi connectivity index (χ0) is 23.8. The zero-order valence-electron chi connectivity index (χ0n) is 18.5. The summed E-state index contributed by atoms with van der Waals surface area (Å²) in [5.74, 6) is 1.20. The van der Waals surface area contributed by atoms with Crippen molar-refractivity contribution in [1.82, 2.24) is 0 Å². The van der Waals surface area contributed by atoms with Gasteiger partial charge in [-0.3, -0.25) is 4.79 Å². The summed E-state index contributed by atoms with van der Waals surface area (Å²) >= 11 is 1.28. The number of hydrogen-bond acceptors (Lipinski definition) is 8. The molecule has 0 fully saturated rings. The maximum atomic E-state index is 13.4. The lowest BCUT2D eigenvalue weighted by Crippen LogP contribution is -2.23. The summed E-state index contributed by atoms with van der Waals surface area (Å²) in [7, 11) is 2.19. The van der Waals surface area contributed by atoms with Gasteiger partial charge in [-0.05, 0) is 30.3 Å². The largest absolute Gasteiger partial charge is 0.497 e. The van der Waals surface area contributed by atoms with E-state index in [1.54, 1.807) is 23.6 Å². The van der Waals surface area contributed by atoms with Gasteiger partial charge in [0.25, 0.3) is 0 Å². The summed E-state index contributed by atoms with van der Waals surface area (Å²) in [6.07, 6.45) is 0.140. The van der Waals surface area contributed by atoms with Crippen LogP contribution in [0.5, 0.6) is 23.0 Å². The number of rotatable bonds is 7. The number of sulfone groups is 1. The highest BCUT2D eigenvalue weighted by Gasteiger charge is 2.36. The summed E-state index contributed by atoms with van der Waals surface area (Å²) in [5.41, 5.74) is 1.01. The maximum absolute atomic E-state index is 13.4. The second kappa shape index (κ2) is 8.95. The lowest BCUT2D eigenvalue weighted by atomic mass is 9.89. The summed E-state index contributed by atoms with van der Waals surface area (Å²) in [5, 5.41) is 4.33. The summed E-state index contributed by atoms with van der Waals surface area (Å²) in [6.45, 7) is 0. The van der Waals surface area contributed by atoms with Gasteiger partial charge in [-0.1, -0.05) is 6.07 Å². The number of fused-ring (bicyclic) bond motifs is 1. The Hall–Kier alpha value is -3.24. The first-order valence-electron chi connectivity index (χ1n) is 9.94. The van der Waals surface area contributed by atoms with E-state index in [0.29, 0.717) is 34.2 Å². The number of nitrogens with one attached hydrogen (secondary N) is 1. The zero-order valence-corrected chi connectivity index (χ0v) is 20.1. The van der Waals surface area contributed by atoms with Crippen LogP contribution in [0.4, 0.5) is 5.69 Å². The molecule has 0 radical (unpaired) electrons. The highest BCUT2D eigenvalue weighted by molar-refractivity contribution is 7.91. The second-order valence-electron chi connectivity index (χ2n) is 7.25. The molecule has 0 saturated heterocycles. The number of methoxy groups -OCH3 is 4. The fraction of sp³-hybridized carbons (Fsp3) is 0.261. The molecule has 0 aliphatic carbocycles. The van der Waals surface area contributed by atoms with Gasteiger partial charge < -0.3 is 24.3 Å². The van der Waals surface area contributed by atoms with E-state index in [0.717, 1.165) is 4.88 Å². The Morgan fingerprint density at radius 2 is 1.61 bits per heavy atom. The van der Waals surface area contributed by atoms with Gasteiger partial charge in [-0.15, -0.1) is 11.3 Å². The molecule has 0 saturated carbocycles. The predicted octanol–water partition coefficient (Wildman–Crippen LogP) is 4.09. The van der Waals surface area contributed by atoms with Crippen LogP contribution in [0.3, 0.4) is 0 Å². The molecule has 2 heterocycles. The molecule has 1 amide bonds. The molecular weight excluding hydrogens is 466 g/mol. The standard InChI is InChI=1S/C23H23NO7S2/c1-28-13-5-7-14(8-6-13)33(26,27)18-12-32-23-16(11-19(25)24-20(18)23)15-9-10-17(29-2)22(31-4)21(15)30-3/h5-10,12,16H,11H2,1-4H3,(H,24,25)/t16-/m0/s1. The van der Waals surface area contributed by atoms with Crippen LogP contribution < -0.4 is 24.3 Å². The second-order valence-corrected chi connectivity index (χ2v) is 10.1. The molecule has 8 nitrogen and oxygen atoms in total. The fourth-order valence-electron chi connectivity index (χ4n) is 3.93. The molecule has 174 valence electrons. The van der Waals surface area contributed by atoms with Crippen molar-refractivity contribution in [3.63, 3.8) is 0 Å². The molecule has 1 aromatic heterocycles. The van der Waals surface area contributed by atoms with E-state index in [9.17, 15) is 13.2 Å². The van der Waals surface area contributed by atoms with Crippen molar-refractivity contribution in [2.45, 2.75) is 22.1 Å². The van der Waals surface area contributed by atoms with E-state index in [2.05, 4.69) is 5.32 Å². The molecule has 1 N–H and O–H groups in total. The first kappa shape index (κ1) is 22.9. The monoisotopic (exact) mass is 489 g/mol. The molecule has 3 aromatic rings. The third-order valence-corrected chi connectivity index (χ3v) is 8.56. The van der Waals surface area contributed by atoms with Crippen molar-refractivity contribution in [2.75, 3.05) is 33.8 Å². The van der Waals surface area contributed by atoms with E-state index >= 15 is 0 Å². The lowest BCUT2D eigenvalue weighted by molar-refractivity contribution is -0.116. The molecule has 1 aliphatic heterocycles. The smallest absolute Gasteiger partial charge is 0.225 e. The quantitative estimate of drug-likeness (QED) is 0.534. The molecule has 0 spiro atoms. The summed E-state index contributed by atoms with van der Waals surface area (Å²) in [4.78, 5) is 13.6. The first-order chi connectivity index (χ1) is 15.8. The number of carbonyl (C=O) groups is 1. The van der Waals surface area contributed by atoms with Crippen LogP contribution in [-0.4, -0.2) is 42.8 Å². The minimum atomic E-state index is -3.87. The lowest BCUT2D eigenvalue weighted by Gasteiger charge is -2.26. The molecule has 1 atom stereocenters.